The fourth-order valence-electron chi connectivity index (χ4n) is 2.43. The SMILES string of the molecule is c1csc(Cn2cncc2C2CCCCN2)c1. The van der Waals surface area contributed by atoms with Crippen molar-refractivity contribution >= 4 is 11.3 Å². The highest BCUT2D eigenvalue weighted by Gasteiger charge is 2.18. The highest BCUT2D eigenvalue weighted by Crippen LogP contribution is 2.23. The van der Waals surface area contributed by atoms with Crippen molar-refractivity contribution in [2.45, 2.75) is 31.8 Å². The molecule has 0 saturated carbocycles. The molecule has 3 nitrogen and oxygen atoms in total. The predicted molar refractivity (Wildman–Crippen MR) is 70.2 cm³/mol. The van der Waals surface area contributed by atoms with Crippen LogP contribution in [0.4, 0.5) is 0 Å². The third kappa shape index (κ3) is 2.42. The highest BCUT2D eigenvalue weighted by molar-refractivity contribution is 7.09. The number of thiophene rings is 1. The van der Waals surface area contributed by atoms with Crippen molar-refractivity contribution in [2.24, 2.45) is 0 Å². The maximum absolute atomic E-state index is 4.31. The summed E-state index contributed by atoms with van der Waals surface area (Å²) in [6.45, 7) is 2.08. The van der Waals surface area contributed by atoms with Gasteiger partial charge in [-0.25, -0.2) is 4.98 Å². The van der Waals surface area contributed by atoms with Gasteiger partial charge in [0.1, 0.15) is 0 Å². The van der Waals surface area contributed by atoms with E-state index in [1.807, 2.05) is 23.9 Å². The smallest absolute Gasteiger partial charge is 0.0952 e. The second kappa shape index (κ2) is 5.02. The van der Waals surface area contributed by atoms with E-state index < -0.39 is 0 Å². The average molecular weight is 247 g/mol. The molecule has 4 heteroatoms. The van der Waals surface area contributed by atoms with E-state index in [1.165, 1.54) is 29.8 Å². The zero-order chi connectivity index (χ0) is 11.5. The van der Waals surface area contributed by atoms with Gasteiger partial charge in [0.2, 0.25) is 0 Å². The summed E-state index contributed by atoms with van der Waals surface area (Å²) < 4.78 is 2.27. The molecular formula is C13H17N3S. The van der Waals surface area contributed by atoms with Gasteiger partial charge in [0, 0.05) is 17.1 Å². The second-order valence-corrected chi connectivity index (χ2v) is 5.56. The first-order chi connectivity index (χ1) is 8.43. The minimum atomic E-state index is 0.492. The number of piperidine rings is 1. The molecule has 1 saturated heterocycles. The van der Waals surface area contributed by atoms with Gasteiger partial charge in [0.25, 0.3) is 0 Å². The molecule has 2 aromatic rings. The highest BCUT2D eigenvalue weighted by atomic mass is 32.1. The van der Waals surface area contributed by atoms with Crippen LogP contribution >= 0.6 is 11.3 Å². The molecule has 1 N–H and O–H groups in total. The summed E-state index contributed by atoms with van der Waals surface area (Å²) in [5, 5.41) is 5.71. The van der Waals surface area contributed by atoms with Gasteiger partial charge in [0.15, 0.2) is 0 Å². The third-order valence-electron chi connectivity index (χ3n) is 3.32. The van der Waals surface area contributed by atoms with Crippen LogP contribution in [0.1, 0.15) is 35.9 Å². The normalized spacial score (nSPS) is 20.6. The number of nitrogens with zero attached hydrogens (tertiary/aromatic N) is 2. The Morgan fingerprint density at radius 1 is 1.47 bits per heavy atom. The molecule has 1 atom stereocenters. The van der Waals surface area contributed by atoms with Crippen molar-refractivity contribution < 1.29 is 0 Å². The first kappa shape index (κ1) is 11.0. The summed E-state index contributed by atoms with van der Waals surface area (Å²) in [4.78, 5) is 5.69. The van der Waals surface area contributed by atoms with Gasteiger partial charge < -0.3 is 9.88 Å². The standard InChI is InChI=1S/C13H17N3S/c1-2-6-15-12(5-1)13-8-14-10-16(13)9-11-4-3-7-17-11/h3-4,7-8,10,12,15H,1-2,5-6,9H2. The van der Waals surface area contributed by atoms with E-state index in [2.05, 4.69) is 32.4 Å². The topological polar surface area (TPSA) is 29.9 Å². The number of nitrogens with one attached hydrogen (secondary N) is 1. The molecule has 0 amide bonds. The lowest BCUT2D eigenvalue weighted by molar-refractivity contribution is 0.396. The van der Waals surface area contributed by atoms with Crippen LogP contribution in [-0.2, 0) is 6.54 Å². The third-order valence-corrected chi connectivity index (χ3v) is 4.18. The predicted octanol–water partition coefficient (Wildman–Crippen LogP) is 2.81. The van der Waals surface area contributed by atoms with Gasteiger partial charge in [-0.2, -0.15) is 0 Å². The van der Waals surface area contributed by atoms with Crippen LogP contribution in [0.15, 0.2) is 30.0 Å². The lowest BCUT2D eigenvalue weighted by atomic mass is 10.0. The molecule has 17 heavy (non-hydrogen) atoms. The molecule has 0 spiro atoms. The Hall–Kier alpha value is -1.13. The Kier molecular flexibility index (Phi) is 3.25. The van der Waals surface area contributed by atoms with Crippen LogP contribution in [0.2, 0.25) is 0 Å². The van der Waals surface area contributed by atoms with Gasteiger partial charge in [-0.1, -0.05) is 12.5 Å². The van der Waals surface area contributed by atoms with Crippen molar-refractivity contribution in [3.63, 3.8) is 0 Å². The minimum absolute atomic E-state index is 0.492. The van der Waals surface area contributed by atoms with E-state index in [0.29, 0.717) is 6.04 Å². The Morgan fingerprint density at radius 2 is 2.47 bits per heavy atom. The zero-order valence-electron chi connectivity index (χ0n) is 9.80. The summed E-state index contributed by atoms with van der Waals surface area (Å²) in [7, 11) is 0. The maximum Gasteiger partial charge on any atom is 0.0952 e. The summed E-state index contributed by atoms with van der Waals surface area (Å²) >= 11 is 1.81. The Labute approximate surface area is 106 Å². The maximum atomic E-state index is 4.31. The van der Waals surface area contributed by atoms with E-state index in [-0.39, 0.29) is 0 Å². The van der Waals surface area contributed by atoms with Gasteiger partial charge >= 0.3 is 0 Å². The van der Waals surface area contributed by atoms with Crippen LogP contribution in [0.3, 0.4) is 0 Å². The number of rotatable bonds is 3. The number of hydrogen-bond acceptors (Lipinski definition) is 3. The van der Waals surface area contributed by atoms with Crippen molar-refractivity contribution in [2.75, 3.05) is 6.54 Å². The summed E-state index contributed by atoms with van der Waals surface area (Å²) in [5.41, 5.74) is 1.33. The van der Waals surface area contributed by atoms with E-state index in [1.54, 1.807) is 0 Å². The molecule has 0 radical (unpaired) electrons. The largest absolute Gasteiger partial charge is 0.328 e. The van der Waals surface area contributed by atoms with Crippen LogP contribution in [0, 0.1) is 0 Å². The molecule has 3 heterocycles. The Balaban J connectivity index is 1.78. The van der Waals surface area contributed by atoms with Gasteiger partial charge in [-0.15, -0.1) is 11.3 Å². The fourth-order valence-corrected chi connectivity index (χ4v) is 3.13. The number of imidazole rings is 1. The zero-order valence-corrected chi connectivity index (χ0v) is 10.6. The molecule has 1 aliphatic heterocycles. The van der Waals surface area contributed by atoms with Crippen molar-refractivity contribution in [1.82, 2.24) is 14.9 Å². The van der Waals surface area contributed by atoms with Crippen LogP contribution in [-0.4, -0.2) is 16.1 Å². The second-order valence-electron chi connectivity index (χ2n) is 4.53. The number of aromatic nitrogens is 2. The molecule has 0 aromatic carbocycles. The molecule has 90 valence electrons. The first-order valence-electron chi connectivity index (χ1n) is 6.19. The molecule has 0 bridgehead atoms. The van der Waals surface area contributed by atoms with Crippen LogP contribution in [0.25, 0.3) is 0 Å². The first-order valence-corrected chi connectivity index (χ1v) is 7.07. The summed E-state index contributed by atoms with van der Waals surface area (Å²) in [5.74, 6) is 0. The monoisotopic (exact) mass is 247 g/mol. The van der Waals surface area contributed by atoms with Gasteiger partial charge in [-0.3, -0.25) is 0 Å². The summed E-state index contributed by atoms with van der Waals surface area (Å²) in [6.07, 6.45) is 7.81. The molecule has 3 rings (SSSR count). The quantitative estimate of drug-likeness (QED) is 0.904. The molecule has 1 fully saturated rings. The number of hydrogen-bond donors (Lipinski definition) is 1. The van der Waals surface area contributed by atoms with E-state index in [9.17, 15) is 0 Å². The van der Waals surface area contributed by atoms with E-state index in [4.69, 9.17) is 0 Å². The Bertz CT molecular complexity index is 455. The minimum Gasteiger partial charge on any atom is -0.328 e. The average Bonchev–Trinajstić information content (AvgIpc) is 3.02. The molecule has 1 unspecified atom stereocenters. The molecule has 0 aliphatic carbocycles. The lowest BCUT2D eigenvalue weighted by Crippen LogP contribution is -2.28. The van der Waals surface area contributed by atoms with Crippen molar-refractivity contribution in [3.05, 3.63) is 40.6 Å². The van der Waals surface area contributed by atoms with Crippen molar-refractivity contribution in [3.8, 4) is 0 Å². The van der Waals surface area contributed by atoms with Crippen LogP contribution in [0.5, 0.6) is 0 Å². The van der Waals surface area contributed by atoms with Gasteiger partial charge in [0.05, 0.1) is 18.6 Å². The van der Waals surface area contributed by atoms with Crippen molar-refractivity contribution in [1.29, 1.82) is 0 Å². The summed E-state index contributed by atoms with van der Waals surface area (Å²) in [6, 6.07) is 4.78. The molecule has 1 aliphatic rings. The lowest BCUT2D eigenvalue weighted by Gasteiger charge is -2.24. The van der Waals surface area contributed by atoms with Crippen LogP contribution < -0.4 is 5.32 Å². The Morgan fingerprint density at radius 3 is 3.24 bits per heavy atom. The van der Waals surface area contributed by atoms with E-state index >= 15 is 0 Å². The van der Waals surface area contributed by atoms with E-state index in [0.717, 1.165) is 13.1 Å². The fraction of sp³-hybridized carbons (Fsp3) is 0.462. The van der Waals surface area contributed by atoms with Gasteiger partial charge in [-0.05, 0) is 30.8 Å². The molecule has 2 aromatic heterocycles. The molecular weight excluding hydrogens is 230 g/mol.